The van der Waals surface area contributed by atoms with Crippen molar-refractivity contribution in [1.29, 1.82) is 0 Å². The molecular weight excluding hydrogens is 192 g/mol. The maximum Gasteiger partial charge on any atom is 0.307 e. The van der Waals surface area contributed by atoms with Crippen LogP contribution in [0.2, 0.25) is 0 Å². The van der Waals surface area contributed by atoms with Gasteiger partial charge in [0, 0.05) is 12.0 Å². The van der Waals surface area contributed by atoms with Crippen LogP contribution in [0.3, 0.4) is 0 Å². The van der Waals surface area contributed by atoms with Crippen LogP contribution >= 0.6 is 0 Å². The molecule has 0 aromatic carbocycles. The van der Waals surface area contributed by atoms with Gasteiger partial charge < -0.3 is 9.84 Å². The molecule has 15 heavy (non-hydrogen) atoms. The third-order valence-corrected chi connectivity index (χ3v) is 4.08. The SMILES string of the molecule is O=C(O)C1CCOCC12CCCCCC2. The molecular formula is C12H20O3. The Morgan fingerprint density at radius 1 is 1.20 bits per heavy atom. The molecule has 1 heterocycles. The van der Waals surface area contributed by atoms with Gasteiger partial charge in [-0.2, -0.15) is 0 Å². The highest BCUT2D eigenvalue weighted by Crippen LogP contribution is 2.45. The molecule has 3 heteroatoms. The van der Waals surface area contributed by atoms with Gasteiger partial charge in [-0.3, -0.25) is 4.79 Å². The molecule has 3 nitrogen and oxygen atoms in total. The largest absolute Gasteiger partial charge is 0.481 e. The lowest BCUT2D eigenvalue weighted by Gasteiger charge is -2.41. The molecule has 0 bridgehead atoms. The molecule has 2 rings (SSSR count). The van der Waals surface area contributed by atoms with Crippen molar-refractivity contribution in [3.05, 3.63) is 0 Å². The predicted molar refractivity (Wildman–Crippen MR) is 56.7 cm³/mol. The summed E-state index contributed by atoms with van der Waals surface area (Å²) in [4.78, 5) is 11.3. The lowest BCUT2D eigenvalue weighted by atomic mass is 9.68. The molecule has 0 amide bonds. The standard InChI is InChI=1S/C12H20O3/c13-11(14)10-5-8-15-9-12(10)6-3-1-2-4-7-12/h10H,1-9H2,(H,13,14). The second-order valence-corrected chi connectivity index (χ2v) is 5.01. The molecule has 0 radical (unpaired) electrons. The Balaban J connectivity index is 2.15. The summed E-state index contributed by atoms with van der Waals surface area (Å²) in [6, 6.07) is 0. The lowest BCUT2D eigenvalue weighted by Crippen LogP contribution is -2.43. The van der Waals surface area contributed by atoms with Crippen molar-refractivity contribution >= 4 is 5.97 Å². The predicted octanol–water partition coefficient (Wildman–Crippen LogP) is 2.45. The van der Waals surface area contributed by atoms with E-state index in [4.69, 9.17) is 4.74 Å². The molecule has 2 aliphatic rings. The highest BCUT2D eigenvalue weighted by Gasteiger charge is 2.45. The molecule has 1 saturated heterocycles. The Morgan fingerprint density at radius 2 is 1.87 bits per heavy atom. The summed E-state index contributed by atoms with van der Waals surface area (Å²) in [5.74, 6) is -0.774. The van der Waals surface area contributed by atoms with Crippen molar-refractivity contribution < 1.29 is 14.6 Å². The molecule has 1 aliphatic heterocycles. The van der Waals surface area contributed by atoms with Crippen LogP contribution in [0.5, 0.6) is 0 Å². The van der Waals surface area contributed by atoms with Crippen molar-refractivity contribution in [2.45, 2.75) is 44.9 Å². The summed E-state index contributed by atoms with van der Waals surface area (Å²) >= 11 is 0. The maximum absolute atomic E-state index is 11.3. The van der Waals surface area contributed by atoms with Gasteiger partial charge in [-0.1, -0.05) is 25.7 Å². The highest BCUT2D eigenvalue weighted by atomic mass is 16.5. The first kappa shape index (κ1) is 10.9. The Morgan fingerprint density at radius 3 is 2.47 bits per heavy atom. The fourth-order valence-electron chi connectivity index (χ4n) is 3.19. The number of carboxylic acids is 1. The number of carbonyl (C=O) groups is 1. The van der Waals surface area contributed by atoms with Crippen LogP contribution in [-0.2, 0) is 9.53 Å². The van der Waals surface area contributed by atoms with Gasteiger partial charge in [-0.25, -0.2) is 0 Å². The van der Waals surface area contributed by atoms with Crippen LogP contribution in [0.1, 0.15) is 44.9 Å². The summed E-state index contributed by atoms with van der Waals surface area (Å²) in [5.41, 5.74) is -0.0411. The normalized spacial score (nSPS) is 31.1. The molecule has 0 aromatic rings. The van der Waals surface area contributed by atoms with Crippen LogP contribution in [0.4, 0.5) is 0 Å². The van der Waals surface area contributed by atoms with E-state index in [1.165, 1.54) is 25.7 Å². The Kier molecular flexibility index (Phi) is 3.29. The maximum atomic E-state index is 11.3. The van der Waals surface area contributed by atoms with E-state index in [0.717, 1.165) is 12.8 Å². The Bertz CT molecular complexity index is 229. The second-order valence-electron chi connectivity index (χ2n) is 5.01. The number of ether oxygens (including phenoxy) is 1. The third-order valence-electron chi connectivity index (χ3n) is 4.08. The molecule has 1 spiro atoms. The number of rotatable bonds is 1. The zero-order valence-corrected chi connectivity index (χ0v) is 9.21. The zero-order valence-electron chi connectivity index (χ0n) is 9.21. The monoisotopic (exact) mass is 212 g/mol. The van der Waals surface area contributed by atoms with E-state index in [1.54, 1.807) is 0 Å². The molecule has 1 aliphatic carbocycles. The number of hydrogen-bond donors (Lipinski definition) is 1. The van der Waals surface area contributed by atoms with E-state index in [2.05, 4.69) is 0 Å². The highest BCUT2D eigenvalue weighted by molar-refractivity contribution is 5.71. The minimum Gasteiger partial charge on any atom is -0.481 e. The molecule has 1 unspecified atom stereocenters. The van der Waals surface area contributed by atoms with Gasteiger partial charge >= 0.3 is 5.97 Å². The van der Waals surface area contributed by atoms with Crippen LogP contribution < -0.4 is 0 Å². The van der Waals surface area contributed by atoms with E-state index in [0.29, 0.717) is 19.6 Å². The Hall–Kier alpha value is -0.570. The quantitative estimate of drug-likeness (QED) is 0.726. The molecule has 1 atom stereocenters. The van der Waals surface area contributed by atoms with Crippen LogP contribution in [0.25, 0.3) is 0 Å². The van der Waals surface area contributed by atoms with Gasteiger partial charge in [-0.05, 0) is 19.3 Å². The van der Waals surface area contributed by atoms with Crippen molar-refractivity contribution in [2.24, 2.45) is 11.3 Å². The minimum atomic E-state index is -0.611. The lowest BCUT2D eigenvalue weighted by molar-refractivity contribution is -0.157. The number of carboxylic acid groups (broad SMARTS) is 1. The van der Waals surface area contributed by atoms with Gasteiger partial charge in [-0.15, -0.1) is 0 Å². The van der Waals surface area contributed by atoms with E-state index in [-0.39, 0.29) is 11.3 Å². The second kappa shape index (κ2) is 4.52. The minimum absolute atomic E-state index is 0.0411. The van der Waals surface area contributed by atoms with E-state index in [9.17, 15) is 9.90 Å². The van der Waals surface area contributed by atoms with Gasteiger partial charge in [0.15, 0.2) is 0 Å². The first-order valence-electron chi connectivity index (χ1n) is 6.05. The fourth-order valence-corrected chi connectivity index (χ4v) is 3.19. The van der Waals surface area contributed by atoms with E-state index >= 15 is 0 Å². The summed E-state index contributed by atoms with van der Waals surface area (Å²) in [6.07, 6.45) is 7.66. The van der Waals surface area contributed by atoms with Gasteiger partial charge in [0.2, 0.25) is 0 Å². The first-order chi connectivity index (χ1) is 7.25. The van der Waals surface area contributed by atoms with Crippen molar-refractivity contribution in [3.63, 3.8) is 0 Å². The van der Waals surface area contributed by atoms with E-state index < -0.39 is 5.97 Å². The summed E-state index contributed by atoms with van der Waals surface area (Å²) in [6.45, 7) is 1.29. The van der Waals surface area contributed by atoms with Crippen molar-refractivity contribution in [2.75, 3.05) is 13.2 Å². The van der Waals surface area contributed by atoms with E-state index in [1.807, 2.05) is 0 Å². The van der Waals surface area contributed by atoms with Gasteiger partial charge in [0.25, 0.3) is 0 Å². The van der Waals surface area contributed by atoms with Crippen LogP contribution in [0, 0.1) is 11.3 Å². The number of hydrogen-bond acceptors (Lipinski definition) is 2. The smallest absolute Gasteiger partial charge is 0.307 e. The summed E-state index contributed by atoms with van der Waals surface area (Å²) < 4.78 is 5.54. The Labute approximate surface area is 90.8 Å². The van der Waals surface area contributed by atoms with Crippen molar-refractivity contribution in [1.82, 2.24) is 0 Å². The molecule has 2 fully saturated rings. The fraction of sp³-hybridized carbons (Fsp3) is 0.917. The average Bonchev–Trinajstić information content (AvgIpc) is 2.45. The molecule has 1 N–H and O–H groups in total. The van der Waals surface area contributed by atoms with Gasteiger partial charge in [0.05, 0.1) is 12.5 Å². The summed E-state index contributed by atoms with van der Waals surface area (Å²) in [7, 11) is 0. The molecule has 86 valence electrons. The first-order valence-corrected chi connectivity index (χ1v) is 6.05. The van der Waals surface area contributed by atoms with Crippen molar-refractivity contribution in [3.8, 4) is 0 Å². The summed E-state index contributed by atoms with van der Waals surface area (Å²) in [5, 5.41) is 9.29. The topological polar surface area (TPSA) is 46.5 Å². The van der Waals surface area contributed by atoms with Crippen LogP contribution in [0.15, 0.2) is 0 Å². The van der Waals surface area contributed by atoms with Gasteiger partial charge in [0.1, 0.15) is 0 Å². The average molecular weight is 212 g/mol. The third kappa shape index (κ3) is 2.17. The van der Waals surface area contributed by atoms with Crippen LogP contribution in [-0.4, -0.2) is 24.3 Å². The molecule has 0 aromatic heterocycles. The number of aliphatic carboxylic acids is 1. The molecule has 1 saturated carbocycles. The zero-order chi connectivity index (χ0) is 10.7.